The minimum atomic E-state index is -1.34. The molecule has 3 aliphatic rings. The van der Waals surface area contributed by atoms with E-state index >= 15 is 0 Å². The third kappa shape index (κ3) is 2.73. The molecule has 3 aromatic carbocycles. The Balaban J connectivity index is 1.68. The summed E-state index contributed by atoms with van der Waals surface area (Å²) in [4.78, 5) is 65.5. The molecular weight excluding hydrogens is 450 g/mol. The highest BCUT2D eigenvalue weighted by molar-refractivity contribution is 6.32. The lowest BCUT2D eigenvalue weighted by atomic mass is 9.70. The van der Waals surface area contributed by atoms with Gasteiger partial charge in [-0.1, -0.05) is 66.7 Å². The number of nitro benzene ring substituents is 1. The number of rotatable bonds is 2. The van der Waals surface area contributed by atoms with Crippen LogP contribution < -0.4 is 0 Å². The summed E-state index contributed by atoms with van der Waals surface area (Å²) >= 11 is 0. The molecule has 0 saturated heterocycles. The van der Waals surface area contributed by atoms with Crippen LogP contribution in [0.5, 0.6) is 0 Å². The van der Waals surface area contributed by atoms with E-state index < -0.39 is 45.5 Å². The first-order valence-electron chi connectivity index (χ1n) is 10.7. The number of fused-ring (bicyclic) bond motifs is 2. The minimum Gasteiger partial charge on any atom is -0.448 e. The van der Waals surface area contributed by atoms with Gasteiger partial charge >= 0.3 is 0 Å². The summed E-state index contributed by atoms with van der Waals surface area (Å²) in [5.74, 6) is -4.58. The summed E-state index contributed by atoms with van der Waals surface area (Å²) in [6, 6.07) is 17.9. The normalized spacial score (nSPS) is 16.9. The molecule has 0 atom stereocenters. The molecule has 1 aliphatic heterocycles. The lowest BCUT2D eigenvalue weighted by Crippen LogP contribution is -2.37. The number of ether oxygens (including phenoxy) is 1. The van der Waals surface area contributed by atoms with Crippen molar-refractivity contribution in [1.29, 1.82) is 0 Å². The molecule has 2 aliphatic carbocycles. The topological polar surface area (TPSA) is 121 Å². The van der Waals surface area contributed by atoms with E-state index in [1.165, 1.54) is 48.5 Å². The van der Waals surface area contributed by atoms with Crippen LogP contribution in [0.3, 0.4) is 0 Å². The molecule has 6 rings (SSSR count). The lowest BCUT2D eigenvalue weighted by molar-refractivity contribution is -0.385. The molecule has 0 unspecified atom stereocenters. The summed E-state index contributed by atoms with van der Waals surface area (Å²) in [6.45, 7) is 0. The zero-order valence-electron chi connectivity index (χ0n) is 17.8. The first kappa shape index (κ1) is 20.6. The summed E-state index contributed by atoms with van der Waals surface area (Å²) in [7, 11) is 0. The largest absolute Gasteiger partial charge is 0.448 e. The number of carbonyl (C=O) groups is 4. The van der Waals surface area contributed by atoms with Gasteiger partial charge < -0.3 is 4.74 Å². The molecule has 168 valence electrons. The monoisotopic (exact) mass is 463 g/mol. The Morgan fingerprint density at radius 2 is 1.00 bits per heavy atom. The Morgan fingerprint density at radius 3 is 1.46 bits per heavy atom. The van der Waals surface area contributed by atoms with Crippen molar-refractivity contribution in [2.75, 3.05) is 0 Å². The van der Waals surface area contributed by atoms with E-state index in [1.54, 1.807) is 24.3 Å². The molecule has 1 heterocycles. The average molecular weight is 463 g/mol. The van der Waals surface area contributed by atoms with Crippen LogP contribution in [0.25, 0.3) is 0 Å². The van der Waals surface area contributed by atoms with Gasteiger partial charge in [0.05, 0.1) is 22.0 Å². The third-order valence-electron chi connectivity index (χ3n) is 6.45. The highest BCUT2D eigenvalue weighted by Gasteiger charge is 2.50. The van der Waals surface area contributed by atoms with Crippen LogP contribution in [-0.4, -0.2) is 28.1 Å². The highest BCUT2D eigenvalue weighted by Crippen LogP contribution is 2.50. The molecule has 35 heavy (non-hydrogen) atoms. The van der Waals surface area contributed by atoms with Gasteiger partial charge in [0.15, 0.2) is 23.1 Å². The molecule has 0 saturated carbocycles. The standard InChI is InChI=1S/C27H13NO7/c29-22-13-7-1-3-9-15(13)24(31)26-20(22)19(17-11-5-6-12-18(17)28(33)34)21-23(30)14-8-2-4-10-16(14)25(32)27(21)35-26/h1-12,19H. The fourth-order valence-corrected chi connectivity index (χ4v) is 4.93. The number of carbonyl (C=O) groups excluding carboxylic acids is 4. The number of Topliss-reactive ketones (excluding diaryl/α,β-unsaturated/α-hetero) is 4. The molecule has 0 amide bonds. The van der Waals surface area contributed by atoms with E-state index in [0.29, 0.717) is 0 Å². The summed E-state index contributed by atoms with van der Waals surface area (Å²) in [6.07, 6.45) is 0. The van der Waals surface area contributed by atoms with Crippen molar-refractivity contribution < 1.29 is 28.8 Å². The molecule has 3 aromatic rings. The van der Waals surface area contributed by atoms with E-state index in [1.807, 2.05) is 0 Å². The second-order valence-corrected chi connectivity index (χ2v) is 8.24. The van der Waals surface area contributed by atoms with Crippen molar-refractivity contribution in [3.8, 4) is 0 Å². The number of nitrogens with zero attached hydrogens (tertiary/aromatic N) is 1. The predicted octanol–water partition coefficient (Wildman–Crippen LogP) is 4.38. The van der Waals surface area contributed by atoms with Crippen molar-refractivity contribution in [3.05, 3.63) is 133 Å². The maximum Gasteiger partial charge on any atom is 0.273 e. The van der Waals surface area contributed by atoms with Crippen LogP contribution in [-0.2, 0) is 4.74 Å². The molecule has 0 fully saturated rings. The van der Waals surface area contributed by atoms with Gasteiger partial charge in [0.2, 0.25) is 11.6 Å². The van der Waals surface area contributed by atoms with Crippen LogP contribution in [0.1, 0.15) is 52.9 Å². The molecule has 8 heteroatoms. The van der Waals surface area contributed by atoms with E-state index in [0.717, 1.165) is 0 Å². The summed E-state index contributed by atoms with van der Waals surface area (Å²) < 4.78 is 5.77. The molecule has 0 bridgehead atoms. The Labute approximate surface area is 197 Å². The second kappa shape index (κ2) is 7.26. The molecule has 0 aromatic heterocycles. The van der Waals surface area contributed by atoms with Crippen molar-refractivity contribution in [2.24, 2.45) is 0 Å². The SMILES string of the molecule is O=C1C2=C(C(=O)c3ccccc31)C(c1ccccc1[N+](=O)[O-])C1=C(O2)C(=O)c2ccccc2C1=O. The number of benzene rings is 3. The van der Waals surface area contributed by atoms with Crippen LogP contribution in [0, 0.1) is 10.1 Å². The number of hydrogen-bond acceptors (Lipinski definition) is 7. The number of ketones is 4. The van der Waals surface area contributed by atoms with E-state index in [2.05, 4.69) is 0 Å². The molecule has 0 radical (unpaired) electrons. The van der Waals surface area contributed by atoms with E-state index in [9.17, 15) is 29.3 Å². The van der Waals surface area contributed by atoms with Crippen LogP contribution in [0.15, 0.2) is 95.5 Å². The highest BCUT2D eigenvalue weighted by atomic mass is 16.6. The van der Waals surface area contributed by atoms with Gasteiger partial charge in [-0.3, -0.25) is 29.3 Å². The fraction of sp³-hybridized carbons (Fsp3) is 0.0370. The van der Waals surface area contributed by atoms with Gasteiger partial charge in [0.1, 0.15) is 0 Å². The number of nitro groups is 1. The van der Waals surface area contributed by atoms with Crippen LogP contribution >= 0.6 is 0 Å². The van der Waals surface area contributed by atoms with Gasteiger partial charge in [-0.2, -0.15) is 0 Å². The van der Waals surface area contributed by atoms with Gasteiger partial charge in [0.25, 0.3) is 5.69 Å². The van der Waals surface area contributed by atoms with Crippen LogP contribution in [0.2, 0.25) is 0 Å². The summed E-state index contributed by atoms with van der Waals surface area (Å²) in [5, 5.41) is 11.9. The van der Waals surface area contributed by atoms with Crippen molar-refractivity contribution >= 4 is 28.8 Å². The van der Waals surface area contributed by atoms with E-state index in [4.69, 9.17) is 4.74 Å². The van der Waals surface area contributed by atoms with Crippen molar-refractivity contribution in [1.82, 2.24) is 0 Å². The molecule has 8 nitrogen and oxygen atoms in total. The maximum atomic E-state index is 13.7. The van der Waals surface area contributed by atoms with Gasteiger partial charge in [-0.05, 0) is 0 Å². The van der Waals surface area contributed by atoms with Crippen molar-refractivity contribution in [3.63, 3.8) is 0 Å². The Hall–Kier alpha value is -4.98. The molecule has 0 spiro atoms. The first-order chi connectivity index (χ1) is 16.9. The van der Waals surface area contributed by atoms with E-state index in [-0.39, 0.29) is 44.7 Å². The van der Waals surface area contributed by atoms with Gasteiger partial charge in [-0.25, -0.2) is 0 Å². The quantitative estimate of drug-likeness (QED) is 0.409. The maximum absolute atomic E-state index is 13.7. The lowest BCUT2D eigenvalue weighted by Gasteiger charge is -2.35. The minimum absolute atomic E-state index is 0.0156. The molecule has 0 N–H and O–H groups in total. The average Bonchev–Trinajstić information content (AvgIpc) is 2.89. The zero-order valence-corrected chi connectivity index (χ0v) is 17.8. The Kier molecular flexibility index (Phi) is 4.28. The Bertz CT molecular complexity index is 1530. The second-order valence-electron chi connectivity index (χ2n) is 8.24. The van der Waals surface area contributed by atoms with Gasteiger partial charge in [0, 0.05) is 33.9 Å². The molecular formula is C27H13NO7. The number of allylic oxidation sites excluding steroid dienone is 4. The predicted molar refractivity (Wildman–Crippen MR) is 121 cm³/mol. The third-order valence-corrected chi connectivity index (χ3v) is 6.45. The van der Waals surface area contributed by atoms with Gasteiger partial charge in [-0.15, -0.1) is 0 Å². The summed E-state index contributed by atoms with van der Waals surface area (Å²) in [5.41, 5.74) is -0.333. The Morgan fingerprint density at radius 1 is 0.600 bits per heavy atom. The van der Waals surface area contributed by atoms with Crippen LogP contribution in [0.4, 0.5) is 5.69 Å². The fourth-order valence-electron chi connectivity index (χ4n) is 4.93. The smallest absolute Gasteiger partial charge is 0.273 e. The van der Waals surface area contributed by atoms with Crippen molar-refractivity contribution in [2.45, 2.75) is 5.92 Å². The first-order valence-corrected chi connectivity index (χ1v) is 10.7. The number of para-hydroxylation sites is 1. The zero-order chi connectivity index (χ0) is 24.4. The number of hydrogen-bond donors (Lipinski definition) is 0.